The van der Waals surface area contributed by atoms with Crippen molar-refractivity contribution in [1.29, 1.82) is 0 Å². The van der Waals surface area contributed by atoms with Crippen LogP contribution < -0.4 is 5.73 Å². The molecule has 0 saturated carbocycles. The number of benzene rings is 2. The van der Waals surface area contributed by atoms with Crippen LogP contribution in [-0.4, -0.2) is 68.4 Å². The molecule has 0 aliphatic carbocycles. The Morgan fingerprint density at radius 2 is 1.78 bits per heavy atom. The quantitative estimate of drug-likeness (QED) is 0.333. The van der Waals surface area contributed by atoms with E-state index in [0.717, 1.165) is 12.8 Å². The van der Waals surface area contributed by atoms with Crippen LogP contribution in [0.2, 0.25) is 5.02 Å². The number of nitrogens with one attached hydrogen (secondary N) is 1. The number of halogens is 2. The third-order valence-corrected chi connectivity index (χ3v) is 7.94. The van der Waals surface area contributed by atoms with Crippen LogP contribution in [0, 0.1) is 5.82 Å². The number of nitrogens with two attached hydrogens (primary N) is 1. The standard InChI is InChI=1S/C30H29ClFN5O4/c1-30(2,3)41-29(40)37-17-6-7-18(37)14-36(13-17)28(39)16-4-8-19-24(11-16)35-26-20(27(33)38)12-23(34-25(19)26)15-5-9-22(32)21(31)10-15/h4-5,8-12,17-18,35H,6-7,13-14H2,1-3H3,(H2,33,38). The number of pyridine rings is 1. The van der Waals surface area contributed by atoms with E-state index < -0.39 is 17.3 Å². The van der Waals surface area contributed by atoms with Gasteiger partial charge in [-0.05, 0) is 76.1 Å². The Morgan fingerprint density at radius 1 is 1.07 bits per heavy atom. The molecule has 3 N–H and O–H groups in total. The van der Waals surface area contributed by atoms with Gasteiger partial charge in [-0.3, -0.25) is 14.5 Å². The highest BCUT2D eigenvalue weighted by Gasteiger charge is 2.45. The molecule has 2 aromatic carbocycles. The Hall–Kier alpha value is -4.18. The van der Waals surface area contributed by atoms with E-state index in [-0.39, 0.29) is 34.7 Å². The van der Waals surface area contributed by atoms with Crippen molar-refractivity contribution in [3.8, 4) is 11.3 Å². The Kier molecular flexibility index (Phi) is 6.41. The molecule has 2 bridgehead atoms. The molecule has 212 valence electrons. The minimum atomic E-state index is -0.659. The monoisotopic (exact) mass is 577 g/mol. The first-order chi connectivity index (χ1) is 19.4. The zero-order valence-corrected chi connectivity index (χ0v) is 23.6. The number of fused-ring (bicyclic) bond motifs is 5. The third kappa shape index (κ3) is 4.86. The molecule has 2 aliphatic heterocycles. The molecule has 2 aliphatic rings. The minimum absolute atomic E-state index is 0.0625. The highest BCUT2D eigenvalue weighted by atomic mass is 35.5. The first-order valence-corrected chi connectivity index (χ1v) is 13.8. The van der Waals surface area contributed by atoms with Gasteiger partial charge in [0.1, 0.15) is 11.4 Å². The molecule has 0 spiro atoms. The fraction of sp³-hybridized carbons (Fsp3) is 0.333. The van der Waals surface area contributed by atoms with E-state index in [1.807, 2.05) is 20.8 Å². The predicted octanol–water partition coefficient (Wildman–Crippen LogP) is 5.50. The van der Waals surface area contributed by atoms with Crippen LogP contribution in [-0.2, 0) is 4.74 Å². The maximum absolute atomic E-state index is 13.7. The summed E-state index contributed by atoms with van der Waals surface area (Å²) in [6.07, 6.45) is 1.30. The summed E-state index contributed by atoms with van der Waals surface area (Å²) in [7, 11) is 0. The zero-order chi connectivity index (χ0) is 29.2. The van der Waals surface area contributed by atoms with E-state index >= 15 is 0 Å². The van der Waals surface area contributed by atoms with Crippen molar-refractivity contribution < 1.29 is 23.5 Å². The fourth-order valence-electron chi connectivity index (χ4n) is 5.85. The van der Waals surface area contributed by atoms with Crippen molar-refractivity contribution in [2.75, 3.05) is 13.1 Å². The van der Waals surface area contributed by atoms with E-state index in [0.29, 0.717) is 51.8 Å². The van der Waals surface area contributed by atoms with Crippen LogP contribution >= 0.6 is 11.6 Å². The number of piperazine rings is 1. The summed E-state index contributed by atoms with van der Waals surface area (Å²) < 4.78 is 19.4. The van der Waals surface area contributed by atoms with Crippen molar-refractivity contribution in [1.82, 2.24) is 19.8 Å². The lowest BCUT2D eigenvalue weighted by Gasteiger charge is -2.41. The summed E-state index contributed by atoms with van der Waals surface area (Å²) >= 11 is 5.98. The average Bonchev–Trinajstić information content (AvgIpc) is 3.41. The SMILES string of the molecule is CC(C)(C)OC(=O)N1C2CCC1CN(C(=O)c1ccc3c(c1)[nH]c1c(C(N)=O)cc(-c4ccc(F)c(Cl)c4)nc13)C2. The van der Waals surface area contributed by atoms with Gasteiger partial charge >= 0.3 is 6.09 Å². The van der Waals surface area contributed by atoms with E-state index in [2.05, 4.69) is 4.98 Å². The van der Waals surface area contributed by atoms with Gasteiger partial charge in [-0.15, -0.1) is 0 Å². The number of carbonyl (C=O) groups is 3. The molecule has 2 saturated heterocycles. The topological polar surface area (TPSA) is 122 Å². The molecule has 3 amide bonds. The third-order valence-electron chi connectivity index (χ3n) is 7.66. The molecule has 4 heterocycles. The molecule has 9 nitrogen and oxygen atoms in total. The van der Waals surface area contributed by atoms with Crippen LogP contribution in [0.5, 0.6) is 0 Å². The predicted molar refractivity (Wildman–Crippen MR) is 153 cm³/mol. The summed E-state index contributed by atoms with van der Waals surface area (Å²) in [6.45, 7) is 6.38. The van der Waals surface area contributed by atoms with Crippen molar-refractivity contribution in [2.45, 2.75) is 51.3 Å². The lowest BCUT2D eigenvalue weighted by molar-refractivity contribution is -0.00335. The first-order valence-electron chi connectivity index (χ1n) is 13.4. The maximum atomic E-state index is 13.7. The summed E-state index contributed by atoms with van der Waals surface area (Å²) in [6, 6.07) is 10.8. The van der Waals surface area contributed by atoms with E-state index in [4.69, 9.17) is 27.1 Å². The number of carbonyl (C=O) groups excluding carboxylic acids is 3. The number of nitrogens with zero attached hydrogens (tertiary/aromatic N) is 3. The number of rotatable bonds is 3. The molecule has 11 heteroatoms. The van der Waals surface area contributed by atoms with Gasteiger partial charge in [-0.1, -0.05) is 11.6 Å². The molecule has 41 heavy (non-hydrogen) atoms. The Balaban J connectivity index is 1.31. The number of hydrogen-bond donors (Lipinski definition) is 2. The van der Waals surface area contributed by atoms with E-state index in [9.17, 15) is 18.8 Å². The lowest BCUT2D eigenvalue weighted by atomic mass is 10.1. The second-order valence-electron chi connectivity index (χ2n) is 11.6. The summed E-state index contributed by atoms with van der Waals surface area (Å²) in [5.41, 5.74) is 8.30. The number of hydrogen-bond acceptors (Lipinski definition) is 5. The van der Waals surface area contributed by atoms with Gasteiger partial charge in [0.25, 0.3) is 11.8 Å². The van der Waals surface area contributed by atoms with Crippen molar-refractivity contribution in [3.05, 3.63) is 64.4 Å². The highest BCUT2D eigenvalue weighted by Crippen LogP contribution is 2.34. The van der Waals surface area contributed by atoms with E-state index in [1.165, 1.54) is 24.3 Å². The molecular formula is C30H29ClFN5O4. The number of aromatic nitrogens is 2. The van der Waals surface area contributed by atoms with Gasteiger partial charge in [0.2, 0.25) is 0 Å². The number of primary amides is 1. The van der Waals surface area contributed by atoms with Crippen molar-refractivity contribution in [3.63, 3.8) is 0 Å². The number of likely N-dealkylation sites (tertiary alicyclic amines) is 1. The van der Waals surface area contributed by atoms with Gasteiger partial charge in [0, 0.05) is 35.1 Å². The van der Waals surface area contributed by atoms with Crippen LogP contribution in [0.1, 0.15) is 54.3 Å². The fourth-order valence-corrected chi connectivity index (χ4v) is 6.03. The van der Waals surface area contributed by atoms with Crippen LogP contribution in [0.25, 0.3) is 33.2 Å². The molecule has 2 aromatic heterocycles. The second-order valence-corrected chi connectivity index (χ2v) is 12.0. The number of aromatic amines is 1. The molecule has 2 atom stereocenters. The van der Waals surface area contributed by atoms with Gasteiger partial charge in [-0.2, -0.15) is 0 Å². The van der Waals surface area contributed by atoms with Gasteiger partial charge < -0.3 is 20.4 Å². The zero-order valence-electron chi connectivity index (χ0n) is 22.8. The van der Waals surface area contributed by atoms with Crippen molar-refractivity contribution in [2.24, 2.45) is 5.73 Å². The largest absolute Gasteiger partial charge is 0.444 e. The van der Waals surface area contributed by atoms with Crippen LogP contribution in [0.3, 0.4) is 0 Å². The Labute approximate surface area is 240 Å². The first kappa shape index (κ1) is 27.0. The molecular weight excluding hydrogens is 549 g/mol. The van der Waals surface area contributed by atoms with Crippen LogP contribution in [0.4, 0.5) is 9.18 Å². The highest BCUT2D eigenvalue weighted by molar-refractivity contribution is 6.31. The van der Waals surface area contributed by atoms with E-state index in [1.54, 1.807) is 28.0 Å². The van der Waals surface area contributed by atoms with Crippen molar-refractivity contribution >= 4 is 51.4 Å². The summed E-state index contributed by atoms with van der Waals surface area (Å²) in [4.78, 5) is 50.3. The number of H-pyrrole nitrogens is 1. The molecule has 2 fully saturated rings. The van der Waals surface area contributed by atoms with Gasteiger partial charge in [-0.25, -0.2) is 14.2 Å². The average molecular weight is 578 g/mol. The molecule has 6 rings (SSSR count). The second kappa shape index (κ2) is 9.73. The summed E-state index contributed by atoms with van der Waals surface area (Å²) in [5, 5.41) is 0.636. The number of ether oxygens (including phenoxy) is 1. The molecule has 0 radical (unpaired) electrons. The number of amides is 3. The Morgan fingerprint density at radius 3 is 2.41 bits per heavy atom. The molecule has 4 aromatic rings. The smallest absolute Gasteiger partial charge is 0.410 e. The van der Waals surface area contributed by atoms with Gasteiger partial charge in [0.05, 0.1) is 39.4 Å². The summed E-state index contributed by atoms with van der Waals surface area (Å²) in [5.74, 6) is -1.36. The maximum Gasteiger partial charge on any atom is 0.410 e. The lowest BCUT2D eigenvalue weighted by Crippen LogP contribution is -2.57. The minimum Gasteiger partial charge on any atom is -0.444 e. The Bertz CT molecular complexity index is 1730. The molecule has 2 unspecified atom stereocenters. The van der Waals surface area contributed by atoms with Crippen LogP contribution in [0.15, 0.2) is 42.5 Å². The van der Waals surface area contributed by atoms with Gasteiger partial charge in [0.15, 0.2) is 0 Å². The normalized spacial score (nSPS) is 18.8.